The fraction of sp³-hybridized carbons (Fsp3) is 1.00. The first-order chi connectivity index (χ1) is 20.9. The highest BCUT2D eigenvalue weighted by atomic mass is 16.7. The van der Waals surface area contributed by atoms with Gasteiger partial charge in [0.1, 0.15) is 24.4 Å². The van der Waals surface area contributed by atoms with Crippen molar-refractivity contribution in [3.63, 3.8) is 0 Å². The maximum Gasteiger partial charge on any atom is 0.186 e. The molecule has 2 saturated heterocycles. The summed E-state index contributed by atoms with van der Waals surface area (Å²) >= 11 is 0. The Kier molecular flexibility index (Phi) is 7.61. The third-order valence-electron chi connectivity index (χ3n) is 16.1. The number of aliphatic hydroxyl groups is 6. The molecule has 2 aliphatic heterocycles. The van der Waals surface area contributed by atoms with Gasteiger partial charge in [0.25, 0.3) is 0 Å². The van der Waals surface area contributed by atoms with Crippen LogP contribution in [-0.2, 0) is 14.2 Å². The SMILES string of the molecule is C[C@@H]([C@H]1[C@@H](O)C[C@@]2(C)[C@@H]3CC[C@H]4C(C)(C)[C@@H](O[C@@H]5O[C@H](CO)[C@H](O)[C@H](O)[C@H]5O)CC[C@@]45C[C@@]35CC[C@]12C)[C@H]1C[C@H](O)C(C)(C)O1. The van der Waals surface area contributed by atoms with Crippen LogP contribution in [0.15, 0.2) is 0 Å². The Morgan fingerprint density at radius 1 is 0.800 bits per heavy atom. The standard InChI is InChI=1S/C36H60O9/c1-18(20-14-24(39)32(4,5)45-20)26-19(38)15-34(7)23-9-8-22-31(2,3)25(44-30-29(42)28(41)27(40)21(16-37)43-30)10-11-35(22)17-36(23,35)13-12-33(26,34)6/h18-30,37-42H,8-17H2,1-7H3/t18-,19+,20-,21-,22+,23+,24+,25+,26+,27+,28+,29-,30+,33-,34+,35-,36+/m1/s1. The molecule has 0 bridgehead atoms. The first-order valence-electron chi connectivity index (χ1n) is 17.9. The number of ether oxygens (including phenoxy) is 3. The van der Waals surface area contributed by atoms with Crippen molar-refractivity contribution in [2.24, 2.45) is 50.7 Å². The van der Waals surface area contributed by atoms with Crippen LogP contribution in [0, 0.1) is 50.7 Å². The molecule has 0 aromatic heterocycles. The zero-order valence-corrected chi connectivity index (χ0v) is 28.5. The number of aliphatic hydroxyl groups excluding tert-OH is 6. The van der Waals surface area contributed by atoms with Gasteiger partial charge in [0.05, 0.1) is 36.6 Å². The van der Waals surface area contributed by atoms with Gasteiger partial charge in [-0.25, -0.2) is 0 Å². The van der Waals surface area contributed by atoms with Crippen LogP contribution in [0.3, 0.4) is 0 Å². The molecule has 0 unspecified atom stereocenters. The molecule has 7 rings (SSSR count). The van der Waals surface area contributed by atoms with Crippen LogP contribution >= 0.6 is 0 Å². The summed E-state index contributed by atoms with van der Waals surface area (Å²) in [5.74, 6) is 1.31. The van der Waals surface area contributed by atoms with Gasteiger partial charge in [-0.05, 0) is 116 Å². The molecule has 0 aromatic carbocycles. The molecule has 5 saturated carbocycles. The van der Waals surface area contributed by atoms with Crippen molar-refractivity contribution in [3.05, 3.63) is 0 Å². The Bertz CT molecular complexity index is 1160. The minimum atomic E-state index is -1.44. The van der Waals surface area contributed by atoms with Crippen LogP contribution in [-0.4, -0.2) is 98.0 Å². The van der Waals surface area contributed by atoms with Crippen molar-refractivity contribution >= 4 is 0 Å². The van der Waals surface area contributed by atoms with Gasteiger partial charge in [-0.15, -0.1) is 0 Å². The average Bonchev–Trinajstić information content (AvgIpc) is 3.47. The molecule has 6 N–H and O–H groups in total. The van der Waals surface area contributed by atoms with Crippen molar-refractivity contribution in [2.45, 2.75) is 167 Å². The molecule has 7 aliphatic rings. The minimum Gasteiger partial charge on any atom is -0.394 e. The lowest BCUT2D eigenvalue weighted by Crippen LogP contribution is -2.62. The summed E-state index contributed by atoms with van der Waals surface area (Å²) in [6.45, 7) is 15.3. The van der Waals surface area contributed by atoms with Gasteiger partial charge in [0.2, 0.25) is 0 Å². The zero-order valence-electron chi connectivity index (χ0n) is 28.5. The number of hydrogen-bond donors (Lipinski definition) is 6. The maximum atomic E-state index is 11.8. The molecule has 7 fully saturated rings. The summed E-state index contributed by atoms with van der Waals surface area (Å²) in [6, 6.07) is 0. The number of rotatable bonds is 5. The molecule has 9 heteroatoms. The van der Waals surface area contributed by atoms with E-state index in [1.165, 1.54) is 12.8 Å². The first-order valence-corrected chi connectivity index (χ1v) is 17.9. The van der Waals surface area contributed by atoms with Gasteiger partial charge in [0, 0.05) is 6.42 Å². The van der Waals surface area contributed by atoms with Gasteiger partial charge in [0.15, 0.2) is 6.29 Å². The van der Waals surface area contributed by atoms with Gasteiger partial charge < -0.3 is 44.8 Å². The maximum absolute atomic E-state index is 11.8. The minimum absolute atomic E-state index is 0.00164. The fourth-order valence-corrected chi connectivity index (χ4v) is 13.5. The largest absolute Gasteiger partial charge is 0.394 e. The highest BCUT2D eigenvalue weighted by Crippen LogP contribution is 2.89. The summed E-state index contributed by atoms with van der Waals surface area (Å²) < 4.78 is 18.7. The average molecular weight is 637 g/mol. The Balaban J connectivity index is 1.11. The van der Waals surface area contributed by atoms with E-state index in [4.69, 9.17) is 14.2 Å². The molecule has 9 nitrogen and oxygen atoms in total. The van der Waals surface area contributed by atoms with Crippen LogP contribution < -0.4 is 0 Å². The van der Waals surface area contributed by atoms with Crippen molar-refractivity contribution in [1.82, 2.24) is 0 Å². The van der Waals surface area contributed by atoms with Crippen molar-refractivity contribution in [2.75, 3.05) is 6.61 Å². The summed E-state index contributed by atoms with van der Waals surface area (Å²) in [6.07, 6.45) is 1.71. The second-order valence-electron chi connectivity index (χ2n) is 18.4. The first kappa shape index (κ1) is 33.2. The zero-order chi connectivity index (χ0) is 32.7. The summed E-state index contributed by atoms with van der Waals surface area (Å²) in [7, 11) is 0. The van der Waals surface area contributed by atoms with E-state index in [-0.39, 0.29) is 57.2 Å². The van der Waals surface area contributed by atoms with Crippen LogP contribution in [0.25, 0.3) is 0 Å². The number of fused-ring (bicyclic) bond motifs is 2. The Hall–Kier alpha value is -0.360. The van der Waals surface area contributed by atoms with E-state index >= 15 is 0 Å². The van der Waals surface area contributed by atoms with Gasteiger partial charge in [-0.1, -0.05) is 34.6 Å². The molecule has 0 amide bonds. The lowest BCUT2D eigenvalue weighted by molar-refractivity contribution is -0.326. The van der Waals surface area contributed by atoms with Crippen LogP contribution in [0.1, 0.15) is 106 Å². The van der Waals surface area contributed by atoms with Crippen LogP contribution in [0.2, 0.25) is 0 Å². The van der Waals surface area contributed by atoms with E-state index in [1.807, 2.05) is 13.8 Å². The quantitative estimate of drug-likeness (QED) is 0.250. The van der Waals surface area contributed by atoms with Crippen molar-refractivity contribution in [1.29, 1.82) is 0 Å². The molecule has 45 heavy (non-hydrogen) atoms. The van der Waals surface area contributed by atoms with Crippen LogP contribution in [0.5, 0.6) is 0 Å². The van der Waals surface area contributed by atoms with Gasteiger partial charge in [-0.2, -0.15) is 0 Å². The van der Waals surface area contributed by atoms with E-state index < -0.39 is 49.0 Å². The fourth-order valence-electron chi connectivity index (χ4n) is 13.5. The lowest BCUT2D eigenvalue weighted by atomic mass is 9.41. The highest BCUT2D eigenvalue weighted by Gasteiger charge is 2.83. The van der Waals surface area contributed by atoms with Gasteiger partial charge in [-0.3, -0.25) is 0 Å². The summed E-state index contributed by atoms with van der Waals surface area (Å²) in [5, 5.41) is 63.6. The third kappa shape index (κ3) is 4.24. The van der Waals surface area contributed by atoms with Crippen molar-refractivity contribution < 1.29 is 44.8 Å². The van der Waals surface area contributed by atoms with Gasteiger partial charge >= 0.3 is 0 Å². The molecule has 0 radical (unpaired) electrons. The van der Waals surface area contributed by atoms with Crippen molar-refractivity contribution in [3.8, 4) is 0 Å². The molecule has 2 heterocycles. The molecule has 258 valence electrons. The van der Waals surface area contributed by atoms with E-state index in [9.17, 15) is 30.6 Å². The molecular weight excluding hydrogens is 576 g/mol. The second-order valence-corrected chi connectivity index (χ2v) is 18.4. The molecule has 0 aromatic rings. The Morgan fingerprint density at radius 2 is 1.47 bits per heavy atom. The Morgan fingerprint density at radius 3 is 2.11 bits per heavy atom. The smallest absolute Gasteiger partial charge is 0.186 e. The molecule has 2 spiro atoms. The highest BCUT2D eigenvalue weighted by molar-refractivity contribution is 5.31. The van der Waals surface area contributed by atoms with E-state index in [0.717, 1.165) is 38.5 Å². The molecule has 5 aliphatic carbocycles. The molecular formula is C36H60O9. The van der Waals surface area contributed by atoms with E-state index in [2.05, 4.69) is 34.6 Å². The Labute approximate surface area is 269 Å². The predicted molar refractivity (Wildman–Crippen MR) is 166 cm³/mol. The predicted octanol–water partition coefficient (Wildman–Crippen LogP) is 3.15. The van der Waals surface area contributed by atoms with Crippen LogP contribution in [0.4, 0.5) is 0 Å². The van der Waals surface area contributed by atoms with E-state index in [0.29, 0.717) is 18.3 Å². The van der Waals surface area contributed by atoms with E-state index in [1.54, 1.807) is 0 Å². The summed E-state index contributed by atoms with van der Waals surface area (Å²) in [5.41, 5.74) is -0.199. The lowest BCUT2D eigenvalue weighted by Gasteiger charge is -2.63. The normalized spacial score (nSPS) is 58.6. The number of hydrogen-bond acceptors (Lipinski definition) is 9. The monoisotopic (exact) mass is 636 g/mol. The second kappa shape index (κ2) is 10.3. The molecule has 17 atom stereocenters. The summed E-state index contributed by atoms with van der Waals surface area (Å²) in [4.78, 5) is 0. The third-order valence-corrected chi connectivity index (χ3v) is 16.1. The topological polar surface area (TPSA) is 149 Å².